The molecule has 1 rings (SSSR count). The topological polar surface area (TPSA) is 62.4 Å². The fourth-order valence-corrected chi connectivity index (χ4v) is 1.44. The second kappa shape index (κ2) is 5.92. The summed E-state index contributed by atoms with van der Waals surface area (Å²) in [5.41, 5.74) is 1.13. The van der Waals surface area contributed by atoms with Gasteiger partial charge in [0.25, 0.3) is 0 Å². The van der Waals surface area contributed by atoms with Gasteiger partial charge in [0.2, 0.25) is 5.96 Å². The lowest BCUT2D eigenvalue weighted by Gasteiger charge is -2.15. The van der Waals surface area contributed by atoms with Gasteiger partial charge in [0.05, 0.1) is 11.3 Å². The zero-order valence-corrected chi connectivity index (χ0v) is 10.2. The van der Waals surface area contributed by atoms with Crippen molar-refractivity contribution in [1.82, 2.24) is 5.43 Å². The Hall–Kier alpha value is -1.47. The maximum absolute atomic E-state index is 12.8. The molecule has 8 heteroatoms. The number of anilines is 1. The molecule has 0 unspecified atom stereocenters. The number of hydrogen-bond donors (Lipinski definition) is 3. The van der Waals surface area contributed by atoms with Gasteiger partial charge in [-0.05, 0) is 25.1 Å². The van der Waals surface area contributed by atoms with Crippen LogP contribution in [-0.2, 0) is 6.18 Å². The molecular weight excluding hydrogens is 269 g/mol. The van der Waals surface area contributed by atoms with E-state index in [1.165, 1.54) is 12.1 Å². The second-order valence-corrected chi connectivity index (χ2v) is 3.72. The van der Waals surface area contributed by atoms with E-state index in [4.69, 9.17) is 17.4 Å². The van der Waals surface area contributed by atoms with Crippen molar-refractivity contribution in [2.75, 3.05) is 11.9 Å². The van der Waals surface area contributed by atoms with Gasteiger partial charge in [-0.1, -0.05) is 11.6 Å². The average molecular weight is 281 g/mol. The van der Waals surface area contributed by atoms with Gasteiger partial charge in [-0.25, -0.2) is 5.84 Å². The van der Waals surface area contributed by atoms with Crippen LogP contribution in [0.4, 0.5) is 18.9 Å². The maximum atomic E-state index is 12.8. The van der Waals surface area contributed by atoms with Crippen molar-refractivity contribution in [3.8, 4) is 0 Å². The van der Waals surface area contributed by atoms with Gasteiger partial charge in [0.15, 0.2) is 0 Å². The molecule has 0 atom stereocenters. The Morgan fingerprint density at radius 1 is 1.44 bits per heavy atom. The number of nitrogens with zero attached hydrogens (tertiary/aromatic N) is 1. The van der Waals surface area contributed by atoms with E-state index in [9.17, 15) is 13.2 Å². The first kappa shape index (κ1) is 14.6. The van der Waals surface area contributed by atoms with Crippen molar-refractivity contribution in [2.24, 2.45) is 10.8 Å². The van der Waals surface area contributed by atoms with Crippen LogP contribution in [0.5, 0.6) is 0 Å². The molecule has 0 aliphatic carbocycles. The summed E-state index contributed by atoms with van der Waals surface area (Å²) in [7, 11) is 0. The third-order valence-corrected chi connectivity index (χ3v) is 2.23. The number of hydrogen-bond acceptors (Lipinski definition) is 2. The number of nitrogens with two attached hydrogens (primary N) is 1. The predicted molar refractivity (Wildman–Crippen MR) is 65.4 cm³/mol. The van der Waals surface area contributed by atoms with E-state index in [2.05, 4.69) is 15.7 Å². The molecule has 0 aliphatic rings. The molecule has 0 radical (unpaired) electrons. The number of alkyl halides is 3. The van der Waals surface area contributed by atoms with Gasteiger partial charge in [0.1, 0.15) is 0 Å². The van der Waals surface area contributed by atoms with Crippen molar-refractivity contribution in [2.45, 2.75) is 13.1 Å². The molecule has 0 heterocycles. The fraction of sp³-hybridized carbons (Fsp3) is 0.300. The highest BCUT2D eigenvalue weighted by atomic mass is 35.5. The number of hydrazine groups is 1. The summed E-state index contributed by atoms with van der Waals surface area (Å²) < 4.78 is 38.3. The van der Waals surface area contributed by atoms with Crippen molar-refractivity contribution >= 4 is 23.2 Å². The number of rotatable bonds is 2. The summed E-state index contributed by atoms with van der Waals surface area (Å²) in [6.07, 6.45) is -4.51. The predicted octanol–water partition coefficient (Wildman–Crippen LogP) is 2.61. The molecule has 0 amide bonds. The van der Waals surface area contributed by atoms with Gasteiger partial charge >= 0.3 is 6.18 Å². The summed E-state index contributed by atoms with van der Waals surface area (Å²) in [5, 5.41) is 2.47. The Morgan fingerprint density at radius 3 is 2.61 bits per heavy atom. The smallest absolute Gasteiger partial charge is 0.325 e. The van der Waals surface area contributed by atoms with Crippen LogP contribution in [0.25, 0.3) is 0 Å². The Kier molecular flexibility index (Phi) is 4.80. The molecule has 4 N–H and O–H groups in total. The molecule has 0 aliphatic heterocycles. The third-order valence-electron chi connectivity index (χ3n) is 1.99. The minimum atomic E-state index is -4.51. The molecule has 4 nitrogen and oxygen atoms in total. The van der Waals surface area contributed by atoms with Gasteiger partial charge in [-0.15, -0.1) is 0 Å². The molecule has 0 saturated heterocycles. The van der Waals surface area contributed by atoms with Crippen LogP contribution >= 0.6 is 11.6 Å². The zero-order chi connectivity index (χ0) is 13.8. The summed E-state index contributed by atoms with van der Waals surface area (Å²) in [4.78, 5) is 3.85. The molecule has 0 aromatic heterocycles. The Labute approximate surface area is 107 Å². The minimum absolute atomic E-state index is 0.00237. The number of aliphatic imine (C=N–C) groups is 1. The molecule has 0 saturated carbocycles. The van der Waals surface area contributed by atoms with E-state index >= 15 is 0 Å². The minimum Gasteiger partial charge on any atom is -0.325 e. The highest BCUT2D eigenvalue weighted by molar-refractivity contribution is 6.30. The first-order chi connectivity index (χ1) is 8.38. The number of halogens is 4. The summed E-state index contributed by atoms with van der Waals surface area (Å²) >= 11 is 5.56. The maximum Gasteiger partial charge on any atom is 0.418 e. The largest absolute Gasteiger partial charge is 0.418 e. The van der Waals surface area contributed by atoms with Gasteiger partial charge < -0.3 is 5.32 Å². The lowest BCUT2D eigenvalue weighted by molar-refractivity contribution is -0.136. The van der Waals surface area contributed by atoms with Gasteiger partial charge in [-0.3, -0.25) is 10.4 Å². The van der Waals surface area contributed by atoms with E-state index in [1.807, 2.05) is 0 Å². The van der Waals surface area contributed by atoms with Gasteiger partial charge in [-0.2, -0.15) is 13.2 Å². The lowest BCUT2D eigenvalue weighted by Crippen LogP contribution is -2.36. The number of benzene rings is 1. The Bertz CT molecular complexity index is 445. The fourth-order valence-electron chi connectivity index (χ4n) is 1.27. The van der Waals surface area contributed by atoms with Crippen molar-refractivity contribution < 1.29 is 13.2 Å². The third kappa shape index (κ3) is 3.78. The molecule has 0 spiro atoms. The Morgan fingerprint density at radius 2 is 2.11 bits per heavy atom. The van der Waals surface area contributed by atoms with Crippen LogP contribution in [0.15, 0.2) is 23.2 Å². The van der Waals surface area contributed by atoms with E-state index in [0.717, 1.165) is 6.07 Å². The molecule has 0 bridgehead atoms. The van der Waals surface area contributed by atoms with Gasteiger partial charge in [0, 0.05) is 11.6 Å². The first-order valence-electron chi connectivity index (χ1n) is 5.03. The lowest BCUT2D eigenvalue weighted by atomic mass is 10.1. The standard InChI is InChI=1S/C10H12ClF3N4/c1-2-16-9(18-15)17-8-4-3-6(11)5-7(8)10(12,13)14/h3-5H,2,15H2,1H3,(H2,16,17,18). The summed E-state index contributed by atoms with van der Waals surface area (Å²) in [6.45, 7) is 2.10. The average Bonchev–Trinajstić information content (AvgIpc) is 2.29. The van der Waals surface area contributed by atoms with Crippen LogP contribution < -0.4 is 16.6 Å². The molecule has 100 valence electrons. The summed E-state index contributed by atoms with van der Waals surface area (Å²) in [6, 6.07) is 3.40. The molecular formula is C10H12ClF3N4. The summed E-state index contributed by atoms with van der Waals surface area (Å²) in [5.74, 6) is 5.19. The van der Waals surface area contributed by atoms with E-state index in [-0.39, 0.29) is 16.7 Å². The highest BCUT2D eigenvalue weighted by Crippen LogP contribution is 2.36. The SMILES string of the molecule is CCN=C(NN)Nc1ccc(Cl)cc1C(F)(F)F. The van der Waals surface area contributed by atoms with E-state index in [0.29, 0.717) is 6.54 Å². The molecule has 0 fully saturated rings. The Balaban J connectivity index is 3.13. The van der Waals surface area contributed by atoms with E-state index in [1.54, 1.807) is 6.92 Å². The zero-order valence-electron chi connectivity index (χ0n) is 9.48. The molecule has 1 aromatic rings. The normalized spacial score (nSPS) is 12.4. The van der Waals surface area contributed by atoms with Crippen molar-refractivity contribution in [3.05, 3.63) is 28.8 Å². The van der Waals surface area contributed by atoms with Crippen LogP contribution in [0.2, 0.25) is 5.02 Å². The second-order valence-electron chi connectivity index (χ2n) is 3.28. The van der Waals surface area contributed by atoms with Crippen LogP contribution in [0, 0.1) is 0 Å². The highest BCUT2D eigenvalue weighted by Gasteiger charge is 2.34. The van der Waals surface area contributed by atoms with Crippen LogP contribution in [0.3, 0.4) is 0 Å². The monoisotopic (exact) mass is 280 g/mol. The quantitative estimate of drug-likeness (QED) is 0.338. The van der Waals surface area contributed by atoms with Crippen molar-refractivity contribution in [1.29, 1.82) is 0 Å². The van der Waals surface area contributed by atoms with Crippen LogP contribution in [-0.4, -0.2) is 12.5 Å². The van der Waals surface area contributed by atoms with Crippen molar-refractivity contribution in [3.63, 3.8) is 0 Å². The van der Waals surface area contributed by atoms with E-state index < -0.39 is 11.7 Å². The number of nitrogens with one attached hydrogen (secondary N) is 2. The first-order valence-corrected chi connectivity index (χ1v) is 5.41. The number of guanidine groups is 1. The molecule has 18 heavy (non-hydrogen) atoms. The van der Waals surface area contributed by atoms with Crippen LogP contribution in [0.1, 0.15) is 12.5 Å². The molecule has 1 aromatic carbocycles.